The standard InChI is InChI=1S/C20H19ClF4N4O4S/c21-16-4-3-15(34-16)19(32)26-8-13(27-10-20(23,24)25)18(31)28-11-1-2-14(12(22)7-11)29-5-6-33-9-17(29)30/h1-4,7,13,27H,5-6,8-10H2,(H,26,32)(H,28,31)/t13-/m1/s1. The van der Waals surface area contributed by atoms with E-state index in [9.17, 15) is 31.9 Å². The molecule has 0 radical (unpaired) electrons. The third kappa shape index (κ3) is 7.13. The highest BCUT2D eigenvalue weighted by Gasteiger charge is 2.31. The summed E-state index contributed by atoms with van der Waals surface area (Å²) in [4.78, 5) is 38.1. The number of carbonyl (C=O) groups is 3. The van der Waals surface area contributed by atoms with Crippen LogP contribution in [0.15, 0.2) is 30.3 Å². The van der Waals surface area contributed by atoms with Gasteiger partial charge in [-0.2, -0.15) is 13.2 Å². The van der Waals surface area contributed by atoms with Gasteiger partial charge in [-0.3, -0.25) is 19.7 Å². The fourth-order valence-corrected chi connectivity index (χ4v) is 3.98. The molecule has 2 heterocycles. The zero-order valence-corrected chi connectivity index (χ0v) is 19.0. The third-order valence-corrected chi connectivity index (χ3v) is 5.85. The van der Waals surface area contributed by atoms with Crippen molar-refractivity contribution in [1.82, 2.24) is 10.6 Å². The number of hydrogen-bond acceptors (Lipinski definition) is 6. The molecule has 0 bridgehead atoms. The first-order valence-electron chi connectivity index (χ1n) is 9.85. The number of nitrogens with one attached hydrogen (secondary N) is 3. The van der Waals surface area contributed by atoms with Crippen molar-refractivity contribution >= 4 is 52.0 Å². The topological polar surface area (TPSA) is 99.8 Å². The van der Waals surface area contributed by atoms with Gasteiger partial charge in [-0.1, -0.05) is 11.6 Å². The minimum atomic E-state index is -4.61. The molecule has 0 aliphatic carbocycles. The molecule has 1 fully saturated rings. The van der Waals surface area contributed by atoms with Crippen LogP contribution in [0, 0.1) is 5.82 Å². The molecule has 1 aromatic carbocycles. The fraction of sp³-hybridized carbons (Fsp3) is 0.350. The van der Waals surface area contributed by atoms with Crippen molar-refractivity contribution in [2.75, 3.05) is 43.1 Å². The van der Waals surface area contributed by atoms with Crippen LogP contribution in [-0.4, -0.2) is 62.8 Å². The molecule has 1 aliphatic heterocycles. The van der Waals surface area contributed by atoms with Crippen molar-refractivity contribution in [2.24, 2.45) is 0 Å². The Kier molecular flexibility index (Phi) is 8.47. The van der Waals surface area contributed by atoms with Gasteiger partial charge in [0.1, 0.15) is 18.5 Å². The Labute approximate surface area is 200 Å². The fourth-order valence-electron chi connectivity index (χ4n) is 3.02. The van der Waals surface area contributed by atoms with Gasteiger partial charge in [0.25, 0.3) is 11.8 Å². The van der Waals surface area contributed by atoms with E-state index in [1.54, 1.807) is 0 Å². The van der Waals surface area contributed by atoms with Crippen molar-refractivity contribution in [2.45, 2.75) is 12.2 Å². The Morgan fingerprint density at radius 1 is 1.24 bits per heavy atom. The molecule has 14 heteroatoms. The second kappa shape index (κ2) is 11.1. The lowest BCUT2D eigenvalue weighted by Gasteiger charge is -2.27. The first-order chi connectivity index (χ1) is 16.0. The van der Waals surface area contributed by atoms with E-state index in [2.05, 4.69) is 10.6 Å². The molecule has 1 saturated heterocycles. The number of ether oxygens (including phenoxy) is 1. The molecular weight excluding hydrogens is 504 g/mol. The maximum Gasteiger partial charge on any atom is 0.401 e. The molecule has 3 amide bonds. The second-order valence-electron chi connectivity index (χ2n) is 7.12. The number of rotatable bonds is 8. The van der Waals surface area contributed by atoms with Gasteiger partial charge in [0.15, 0.2) is 0 Å². The normalized spacial score (nSPS) is 15.2. The molecule has 0 unspecified atom stereocenters. The highest BCUT2D eigenvalue weighted by Crippen LogP contribution is 2.25. The molecule has 0 saturated carbocycles. The van der Waals surface area contributed by atoms with Crippen LogP contribution in [0.2, 0.25) is 4.34 Å². The van der Waals surface area contributed by atoms with Crippen LogP contribution in [-0.2, 0) is 14.3 Å². The van der Waals surface area contributed by atoms with E-state index in [1.807, 2.05) is 5.32 Å². The first-order valence-corrected chi connectivity index (χ1v) is 11.0. The average molecular weight is 523 g/mol. The van der Waals surface area contributed by atoms with Gasteiger partial charge < -0.3 is 20.3 Å². The minimum Gasteiger partial charge on any atom is -0.370 e. The zero-order valence-electron chi connectivity index (χ0n) is 17.4. The van der Waals surface area contributed by atoms with Gasteiger partial charge in [-0.05, 0) is 30.3 Å². The number of alkyl halides is 3. The maximum absolute atomic E-state index is 14.6. The Morgan fingerprint density at radius 3 is 2.62 bits per heavy atom. The summed E-state index contributed by atoms with van der Waals surface area (Å²) >= 11 is 6.73. The van der Waals surface area contributed by atoms with Crippen LogP contribution in [0.1, 0.15) is 9.67 Å². The van der Waals surface area contributed by atoms with Crippen molar-refractivity contribution in [3.8, 4) is 0 Å². The lowest BCUT2D eigenvalue weighted by atomic mass is 10.2. The molecule has 1 aromatic heterocycles. The second-order valence-corrected chi connectivity index (χ2v) is 8.83. The summed E-state index contributed by atoms with van der Waals surface area (Å²) in [5.74, 6) is -2.78. The van der Waals surface area contributed by atoms with Crippen LogP contribution in [0.25, 0.3) is 0 Å². The number of hydrogen-bond donors (Lipinski definition) is 3. The summed E-state index contributed by atoms with van der Waals surface area (Å²) in [5.41, 5.74) is -0.0537. The SMILES string of the molecule is O=C(NC[C@@H](NCC(F)(F)F)C(=O)Nc1ccc(N2CCOCC2=O)c(F)c1)c1ccc(Cl)s1. The number of nitrogens with zero attached hydrogens (tertiary/aromatic N) is 1. The maximum atomic E-state index is 14.6. The molecule has 184 valence electrons. The lowest BCUT2D eigenvalue weighted by molar-refractivity contribution is -0.130. The van der Waals surface area contributed by atoms with Crippen LogP contribution in [0.3, 0.4) is 0 Å². The molecule has 2 aromatic rings. The number of carbonyl (C=O) groups excluding carboxylic acids is 3. The lowest BCUT2D eigenvalue weighted by Crippen LogP contribution is -2.50. The first kappa shape index (κ1) is 25.9. The molecule has 8 nitrogen and oxygen atoms in total. The van der Waals surface area contributed by atoms with Gasteiger partial charge in [0, 0.05) is 18.8 Å². The monoisotopic (exact) mass is 522 g/mol. The summed E-state index contributed by atoms with van der Waals surface area (Å²) < 4.78 is 58.0. The number of halogens is 5. The predicted molar refractivity (Wildman–Crippen MR) is 118 cm³/mol. The van der Waals surface area contributed by atoms with E-state index >= 15 is 0 Å². The van der Waals surface area contributed by atoms with Crippen LogP contribution in [0.5, 0.6) is 0 Å². The smallest absolute Gasteiger partial charge is 0.370 e. The third-order valence-electron chi connectivity index (χ3n) is 4.62. The highest BCUT2D eigenvalue weighted by atomic mass is 35.5. The van der Waals surface area contributed by atoms with Crippen LogP contribution >= 0.6 is 22.9 Å². The zero-order chi connectivity index (χ0) is 24.9. The number of benzene rings is 1. The van der Waals surface area contributed by atoms with Crippen LogP contribution < -0.4 is 20.9 Å². The molecule has 3 rings (SSSR count). The quantitative estimate of drug-likeness (QED) is 0.463. The summed E-state index contributed by atoms with van der Waals surface area (Å²) in [5, 5.41) is 6.74. The van der Waals surface area contributed by atoms with Crippen molar-refractivity contribution in [3.05, 3.63) is 45.4 Å². The van der Waals surface area contributed by atoms with E-state index in [0.29, 0.717) is 4.34 Å². The molecule has 34 heavy (non-hydrogen) atoms. The summed E-state index contributed by atoms with van der Waals surface area (Å²) in [6, 6.07) is 4.97. The number of thiophene rings is 1. The van der Waals surface area contributed by atoms with E-state index in [1.165, 1.54) is 29.2 Å². The largest absolute Gasteiger partial charge is 0.401 e. The van der Waals surface area contributed by atoms with Crippen molar-refractivity contribution in [3.63, 3.8) is 0 Å². The minimum absolute atomic E-state index is 0.0140. The Morgan fingerprint density at radius 2 is 2.00 bits per heavy atom. The average Bonchev–Trinajstić information content (AvgIpc) is 3.20. The van der Waals surface area contributed by atoms with Gasteiger partial charge in [-0.25, -0.2) is 4.39 Å². The van der Waals surface area contributed by atoms with Gasteiger partial charge in [0.05, 0.1) is 28.1 Å². The molecule has 0 spiro atoms. The Balaban J connectivity index is 1.68. The molecule has 1 atom stereocenters. The predicted octanol–water partition coefficient (Wildman–Crippen LogP) is 2.79. The van der Waals surface area contributed by atoms with Crippen LogP contribution in [0.4, 0.5) is 28.9 Å². The van der Waals surface area contributed by atoms with Gasteiger partial charge in [0.2, 0.25) is 5.91 Å². The molecular formula is C20H19ClF4N4O4S. The highest BCUT2D eigenvalue weighted by molar-refractivity contribution is 7.18. The molecule has 1 aliphatic rings. The van der Waals surface area contributed by atoms with Crippen molar-refractivity contribution < 1.29 is 36.7 Å². The van der Waals surface area contributed by atoms with E-state index in [0.717, 1.165) is 17.4 Å². The van der Waals surface area contributed by atoms with Gasteiger partial charge >= 0.3 is 6.18 Å². The summed E-state index contributed by atoms with van der Waals surface area (Å²) in [6.07, 6.45) is -4.61. The number of anilines is 2. The van der Waals surface area contributed by atoms with E-state index in [4.69, 9.17) is 16.3 Å². The summed E-state index contributed by atoms with van der Waals surface area (Å²) in [7, 11) is 0. The van der Waals surface area contributed by atoms with E-state index < -0.39 is 48.8 Å². The van der Waals surface area contributed by atoms with E-state index in [-0.39, 0.29) is 36.0 Å². The number of morpholine rings is 1. The molecule has 3 N–H and O–H groups in total. The van der Waals surface area contributed by atoms with Gasteiger partial charge in [-0.15, -0.1) is 11.3 Å². The number of amides is 3. The summed E-state index contributed by atoms with van der Waals surface area (Å²) in [6.45, 7) is -1.76. The van der Waals surface area contributed by atoms with Crippen molar-refractivity contribution in [1.29, 1.82) is 0 Å². The Hall–Kier alpha value is -2.74. The Bertz CT molecular complexity index is 1070.